The zero-order valence-electron chi connectivity index (χ0n) is 16.6. The zero-order valence-corrected chi connectivity index (χ0v) is 18.2. The van der Waals surface area contributed by atoms with Gasteiger partial charge in [0.25, 0.3) is 0 Å². The van der Waals surface area contributed by atoms with E-state index < -0.39 is 11.8 Å². The summed E-state index contributed by atoms with van der Waals surface area (Å²) in [6, 6.07) is 11.3. The molecule has 2 aromatic heterocycles. The lowest BCUT2D eigenvalue weighted by molar-refractivity contribution is 0.0526. The number of benzene rings is 2. The van der Waals surface area contributed by atoms with Crippen LogP contribution in [0.5, 0.6) is 5.75 Å². The molecule has 0 unspecified atom stereocenters. The fourth-order valence-corrected chi connectivity index (χ4v) is 4.15. The van der Waals surface area contributed by atoms with Crippen LogP contribution in [0.3, 0.4) is 0 Å². The second-order valence-corrected chi connectivity index (χ2v) is 7.80. The number of fused-ring (bicyclic) bond motifs is 1. The Kier molecular flexibility index (Phi) is 6.01. The van der Waals surface area contributed by atoms with Crippen LogP contribution < -0.4 is 10.1 Å². The van der Waals surface area contributed by atoms with Crippen molar-refractivity contribution in [3.05, 3.63) is 64.2 Å². The van der Waals surface area contributed by atoms with Crippen LogP contribution in [0.1, 0.15) is 17.3 Å². The first kappa shape index (κ1) is 21.0. The van der Waals surface area contributed by atoms with Gasteiger partial charge in [-0.2, -0.15) is 0 Å². The van der Waals surface area contributed by atoms with E-state index in [0.29, 0.717) is 22.3 Å². The predicted molar refractivity (Wildman–Crippen MR) is 120 cm³/mol. The number of carbonyl (C=O) groups excluding carboxylic acids is 1. The molecule has 2 aromatic carbocycles. The zero-order chi connectivity index (χ0) is 22.0. The lowest BCUT2D eigenvalue weighted by atomic mass is 10.1. The molecule has 0 bridgehead atoms. The van der Waals surface area contributed by atoms with E-state index >= 15 is 0 Å². The van der Waals surface area contributed by atoms with Crippen molar-refractivity contribution in [3.63, 3.8) is 0 Å². The number of halogens is 2. The monoisotopic (exact) mass is 457 g/mol. The number of carbonyl (C=O) groups is 1. The summed E-state index contributed by atoms with van der Waals surface area (Å²) in [7, 11) is 1.56. The van der Waals surface area contributed by atoms with Gasteiger partial charge >= 0.3 is 5.97 Å². The van der Waals surface area contributed by atoms with Crippen LogP contribution in [0, 0.1) is 5.82 Å². The van der Waals surface area contributed by atoms with Gasteiger partial charge in [-0.15, -0.1) is 21.5 Å². The van der Waals surface area contributed by atoms with Crippen LogP contribution in [0.25, 0.3) is 21.3 Å². The van der Waals surface area contributed by atoms with Crippen LogP contribution in [0.2, 0.25) is 5.02 Å². The molecule has 0 saturated carbocycles. The first-order chi connectivity index (χ1) is 15.0. The largest absolute Gasteiger partial charge is 0.496 e. The molecule has 0 aliphatic heterocycles. The fourth-order valence-electron chi connectivity index (χ4n) is 3.09. The van der Waals surface area contributed by atoms with Gasteiger partial charge in [-0.3, -0.25) is 0 Å². The van der Waals surface area contributed by atoms with Crippen LogP contribution in [-0.2, 0) is 4.74 Å². The van der Waals surface area contributed by atoms with Crippen molar-refractivity contribution in [3.8, 4) is 17.0 Å². The standard InChI is InChI=1S/C22H17ClFN3O3S/c1-3-30-22(28)12-4-7-17(16(24)10-12)25-21-15-8-9-31-20(15)19(26-27-21)14-6-5-13(23)11-18(14)29-2/h4-11H,3H2,1-2H3,(H,25,27). The summed E-state index contributed by atoms with van der Waals surface area (Å²) in [6.07, 6.45) is 0. The van der Waals surface area contributed by atoms with Crippen molar-refractivity contribution in [2.75, 3.05) is 19.0 Å². The van der Waals surface area contributed by atoms with Crippen LogP contribution in [-0.4, -0.2) is 29.9 Å². The summed E-state index contributed by atoms with van der Waals surface area (Å²) >= 11 is 7.56. The molecule has 4 rings (SSSR count). The number of nitrogens with one attached hydrogen (secondary N) is 1. The molecule has 4 aromatic rings. The summed E-state index contributed by atoms with van der Waals surface area (Å²) < 4.78 is 25.8. The Balaban J connectivity index is 1.71. The highest BCUT2D eigenvalue weighted by atomic mass is 35.5. The molecule has 0 saturated heterocycles. The number of esters is 1. The van der Waals surface area contributed by atoms with Gasteiger partial charge in [0.05, 0.1) is 29.7 Å². The molecular weight excluding hydrogens is 441 g/mol. The Bertz CT molecular complexity index is 1280. The minimum Gasteiger partial charge on any atom is -0.496 e. The highest BCUT2D eigenvalue weighted by Crippen LogP contribution is 2.39. The molecule has 0 aliphatic rings. The van der Waals surface area contributed by atoms with E-state index in [0.717, 1.165) is 21.7 Å². The van der Waals surface area contributed by atoms with E-state index in [-0.39, 0.29) is 17.9 Å². The summed E-state index contributed by atoms with van der Waals surface area (Å²) in [5, 5.41) is 14.8. The summed E-state index contributed by atoms with van der Waals surface area (Å²) in [5.74, 6) is -0.193. The molecule has 0 atom stereocenters. The van der Waals surface area contributed by atoms with Gasteiger partial charge in [-0.1, -0.05) is 11.6 Å². The van der Waals surface area contributed by atoms with Crippen LogP contribution in [0.4, 0.5) is 15.9 Å². The number of methoxy groups -OCH3 is 1. The van der Waals surface area contributed by atoms with Gasteiger partial charge in [0.2, 0.25) is 0 Å². The van der Waals surface area contributed by atoms with Crippen molar-refractivity contribution in [1.29, 1.82) is 0 Å². The molecule has 0 fully saturated rings. The maximum atomic E-state index is 14.6. The van der Waals surface area contributed by atoms with Crippen LogP contribution in [0.15, 0.2) is 47.8 Å². The van der Waals surface area contributed by atoms with E-state index in [2.05, 4.69) is 15.5 Å². The average molecular weight is 458 g/mol. The number of hydrogen-bond donors (Lipinski definition) is 1. The molecule has 2 heterocycles. The third-order valence-electron chi connectivity index (χ3n) is 4.54. The number of nitrogens with zero attached hydrogens (tertiary/aromatic N) is 2. The van der Waals surface area contributed by atoms with Crippen molar-refractivity contribution in [2.45, 2.75) is 6.92 Å². The van der Waals surface area contributed by atoms with Gasteiger partial charge in [0, 0.05) is 16.0 Å². The molecule has 9 heteroatoms. The van der Waals surface area contributed by atoms with Crippen LogP contribution >= 0.6 is 22.9 Å². The highest BCUT2D eigenvalue weighted by Gasteiger charge is 2.18. The van der Waals surface area contributed by atoms with E-state index in [4.69, 9.17) is 21.1 Å². The molecule has 0 aliphatic carbocycles. The van der Waals surface area contributed by atoms with Crippen molar-refractivity contribution >= 4 is 50.5 Å². The predicted octanol–water partition coefficient (Wildman–Crippen LogP) is 6.08. The Labute approximate surface area is 186 Å². The maximum Gasteiger partial charge on any atom is 0.338 e. The molecule has 1 N–H and O–H groups in total. The molecule has 0 spiro atoms. The fraction of sp³-hybridized carbons (Fsp3) is 0.136. The Morgan fingerprint density at radius 2 is 2.03 bits per heavy atom. The van der Waals surface area contributed by atoms with E-state index in [1.54, 1.807) is 26.2 Å². The maximum absolute atomic E-state index is 14.6. The van der Waals surface area contributed by atoms with E-state index in [9.17, 15) is 9.18 Å². The third kappa shape index (κ3) is 4.17. The van der Waals surface area contributed by atoms with Gasteiger partial charge in [-0.25, -0.2) is 9.18 Å². The summed E-state index contributed by atoms with van der Waals surface area (Å²) in [5.41, 5.74) is 1.71. The molecule has 0 amide bonds. The smallest absolute Gasteiger partial charge is 0.338 e. The van der Waals surface area contributed by atoms with Crippen molar-refractivity contribution < 1.29 is 18.7 Å². The number of aromatic nitrogens is 2. The Morgan fingerprint density at radius 1 is 1.19 bits per heavy atom. The topological polar surface area (TPSA) is 73.3 Å². The third-order valence-corrected chi connectivity index (χ3v) is 5.69. The first-order valence-corrected chi connectivity index (χ1v) is 10.6. The minimum absolute atomic E-state index is 0.141. The number of rotatable bonds is 6. The average Bonchev–Trinajstić information content (AvgIpc) is 3.26. The normalized spacial score (nSPS) is 10.8. The number of thiophene rings is 1. The lowest BCUT2D eigenvalue weighted by Gasteiger charge is -2.12. The Hall–Kier alpha value is -3.23. The highest BCUT2D eigenvalue weighted by molar-refractivity contribution is 7.17. The van der Waals surface area contributed by atoms with E-state index in [1.165, 1.54) is 23.5 Å². The number of hydrogen-bond acceptors (Lipinski definition) is 7. The van der Waals surface area contributed by atoms with Crippen molar-refractivity contribution in [1.82, 2.24) is 10.2 Å². The number of anilines is 2. The van der Waals surface area contributed by atoms with Gasteiger partial charge < -0.3 is 14.8 Å². The minimum atomic E-state index is -0.598. The SMILES string of the molecule is CCOC(=O)c1ccc(Nc2nnc(-c3ccc(Cl)cc3OC)c3sccc23)c(F)c1. The van der Waals surface area contributed by atoms with Gasteiger partial charge in [0.1, 0.15) is 17.3 Å². The lowest BCUT2D eigenvalue weighted by Crippen LogP contribution is -2.06. The molecule has 31 heavy (non-hydrogen) atoms. The summed E-state index contributed by atoms with van der Waals surface area (Å²) in [4.78, 5) is 11.8. The van der Waals surface area contributed by atoms with Crippen molar-refractivity contribution in [2.24, 2.45) is 0 Å². The Morgan fingerprint density at radius 3 is 2.77 bits per heavy atom. The molecule has 0 radical (unpaired) electrons. The summed E-state index contributed by atoms with van der Waals surface area (Å²) in [6.45, 7) is 1.91. The second kappa shape index (κ2) is 8.87. The van der Waals surface area contributed by atoms with Gasteiger partial charge in [0.15, 0.2) is 5.82 Å². The number of ether oxygens (including phenoxy) is 2. The molecule has 158 valence electrons. The first-order valence-electron chi connectivity index (χ1n) is 9.33. The van der Waals surface area contributed by atoms with Gasteiger partial charge in [-0.05, 0) is 54.8 Å². The second-order valence-electron chi connectivity index (χ2n) is 6.45. The molecule has 6 nitrogen and oxygen atoms in total. The van der Waals surface area contributed by atoms with E-state index in [1.807, 2.05) is 17.5 Å². The molecular formula is C22H17ClFN3O3S. The quantitative estimate of drug-likeness (QED) is 0.354.